The fraction of sp³-hybridized carbons (Fsp3) is 0.231. The van der Waals surface area contributed by atoms with Crippen LogP contribution in [0, 0.1) is 11.3 Å². The number of amides is 1. The number of allylic oxidation sites excluding steroid dienone is 1. The molecule has 1 aromatic rings. The average Bonchev–Trinajstić information content (AvgIpc) is 2.30. The number of hydrogen-bond donors (Lipinski definition) is 0. The van der Waals surface area contributed by atoms with Gasteiger partial charge in [-0.15, -0.1) is 0 Å². The van der Waals surface area contributed by atoms with Crippen molar-refractivity contribution in [3.8, 4) is 6.07 Å². The van der Waals surface area contributed by atoms with Crippen LogP contribution in [0.2, 0.25) is 0 Å². The van der Waals surface area contributed by atoms with Crippen molar-refractivity contribution in [3.05, 3.63) is 41.5 Å². The molecule has 0 fully saturated rings. The SMILES string of the molecule is C/C(=C(/C#N)C(=O)N(C)C)c1ccccc1. The summed E-state index contributed by atoms with van der Waals surface area (Å²) in [6, 6.07) is 11.4. The van der Waals surface area contributed by atoms with E-state index in [1.54, 1.807) is 21.0 Å². The summed E-state index contributed by atoms with van der Waals surface area (Å²) in [5.41, 5.74) is 1.80. The molecular weight excluding hydrogens is 200 g/mol. The van der Waals surface area contributed by atoms with Crippen LogP contribution in [-0.4, -0.2) is 24.9 Å². The Morgan fingerprint density at radius 1 is 1.25 bits per heavy atom. The number of carbonyl (C=O) groups is 1. The van der Waals surface area contributed by atoms with E-state index in [2.05, 4.69) is 0 Å². The molecule has 0 aliphatic carbocycles. The molecule has 1 rings (SSSR count). The minimum absolute atomic E-state index is 0.191. The van der Waals surface area contributed by atoms with E-state index in [-0.39, 0.29) is 11.5 Å². The number of hydrogen-bond acceptors (Lipinski definition) is 2. The number of rotatable bonds is 2. The summed E-state index contributed by atoms with van der Waals surface area (Å²) in [6.07, 6.45) is 0. The van der Waals surface area contributed by atoms with Gasteiger partial charge in [0.05, 0.1) is 0 Å². The molecule has 82 valence electrons. The van der Waals surface area contributed by atoms with Crippen molar-refractivity contribution in [2.75, 3.05) is 14.1 Å². The number of nitriles is 1. The van der Waals surface area contributed by atoms with E-state index in [4.69, 9.17) is 5.26 Å². The van der Waals surface area contributed by atoms with E-state index >= 15 is 0 Å². The van der Waals surface area contributed by atoms with Gasteiger partial charge in [-0.3, -0.25) is 4.79 Å². The zero-order chi connectivity index (χ0) is 12.1. The standard InChI is InChI=1S/C13H14N2O/c1-10(11-7-5-4-6-8-11)12(9-14)13(16)15(2)3/h4-8H,1-3H3/b12-10+. The van der Waals surface area contributed by atoms with Gasteiger partial charge in [0, 0.05) is 14.1 Å². The van der Waals surface area contributed by atoms with Crippen LogP contribution in [0.4, 0.5) is 0 Å². The maximum atomic E-state index is 11.7. The minimum Gasteiger partial charge on any atom is -0.344 e. The Bertz CT molecular complexity index is 453. The molecule has 3 nitrogen and oxygen atoms in total. The summed E-state index contributed by atoms with van der Waals surface area (Å²) in [6.45, 7) is 1.79. The Morgan fingerprint density at radius 3 is 2.25 bits per heavy atom. The van der Waals surface area contributed by atoms with Gasteiger partial charge in [0.2, 0.25) is 0 Å². The molecule has 0 N–H and O–H groups in total. The second-order valence-corrected chi connectivity index (χ2v) is 3.68. The molecule has 1 amide bonds. The Kier molecular flexibility index (Phi) is 3.84. The van der Waals surface area contributed by atoms with Crippen molar-refractivity contribution in [3.63, 3.8) is 0 Å². The zero-order valence-electron chi connectivity index (χ0n) is 9.69. The fourth-order valence-corrected chi connectivity index (χ4v) is 1.35. The first-order chi connectivity index (χ1) is 7.57. The van der Waals surface area contributed by atoms with E-state index in [9.17, 15) is 4.79 Å². The third kappa shape index (κ3) is 2.48. The molecule has 0 aromatic heterocycles. The van der Waals surface area contributed by atoms with Gasteiger partial charge in [-0.25, -0.2) is 0 Å². The number of carbonyl (C=O) groups excluding carboxylic acids is 1. The van der Waals surface area contributed by atoms with Crippen molar-refractivity contribution < 1.29 is 4.79 Å². The van der Waals surface area contributed by atoms with Gasteiger partial charge in [-0.1, -0.05) is 30.3 Å². The molecule has 0 bridgehead atoms. The highest BCUT2D eigenvalue weighted by molar-refractivity contribution is 6.04. The summed E-state index contributed by atoms with van der Waals surface area (Å²) < 4.78 is 0. The lowest BCUT2D eigenvalue weighted by Gasteiger charge is -2.11. The Morgan fingerprint density at radius 2 is 1.81 bits per heavy atom. The lowest BCUT2D eigenvalue weighted by molar-refractivity contribution is -0.124. The van der Waals surface area contributed by atoms with Crippen LogP contribution >= 0.6 is 0 Å². The predicted molar refractivity (Wildman–Crippen MR) is 63.3 cm³/mol. The Hall–Kier alpha value is -2.08. The molecule has 0 unspecified atom stereocenters. The van der Waals surface area contributed by atoms with Crippen LogP contribution < -0.4 is 0 Å². The van der Waals surface area contributed by atoms with Crippen molar-refractivity contribution in [1.82, 2.24) is 4.90 Å². The molecule has 0 aliphatic heterocycles. The van der Waals surface area contributed by atoms with Gasteiger partial charge in [0.25, 0.3) is 5.91 Å². The Balaban J connectivity index is 3.22. The van der Waals surface area contributed by atoms with E-state index in [1.807, 2.05) is 36.4 Å². The van der Waals surface area contributed by atoms with E-state index in [0.717, 1.165) is 5.56 Å². The molecule has 1 aromatic carbocycles. The van der Waals surface area contributed by atoms with Crippen LogP contribution in [0.25, 0.3) is 5.57 Å². The van der Waals surface area contributed by atoms with Crippen molar-refractivity contribution in [2.24, 2.45) is 0 Å². The summed E-state index contributed by atoms with van der Waals surface area (Å²) >= 11 is 0. The zero-order valence-corrected chi connectivity index (χ0v) is 9.69. The van der Waals surface area contributed by atoms with Crippen molar-refractivity contribution in [2.45, 2.75) is 6.92 Å². The first-order valence-corrected chi connectivity index (χ1v) is 4.96. The van der Waals surface area contributed by atoms with Crippen LogP contribution in [0.15, 0.2) is 35.9 Å². The lowest BCUT2D eigenvalue weighted by atomic mass is 10.0. The molecule has 0 heterocycles. The van der Waals surface area contributed by atoms with Crippen LogP contribution in [-0.2, 0) is 4.79 Å². The monoisotopic (exact) mass is 214 g/mol. The third-order valence-corrected chi connectivity index (χ3v) is 2.31. The minimum atomic E-state index is -0.260. The quantitative estimate of drug-likeness (QED) is 0.558. The highest BCUT2D eigenvalue weighted by Gasteiger charge is 2.15. The maximum Gasteiger partial charge on any atom is 0.264 e. The van der Waals surface area contributed by atoms with Gasteiger partial charge in [-0.2, -0.15) is 5.26 Å². The number of likely N-dealkylation sites (N-methyl/N-ethyl adjacent to an activating group) is 1. The van der Waals surface area contributed by atoms with Crippen LogP contribution in [0.3, 0.4) is 0 Å². The van der Waals surface area contributed by atoms with Gasteiger partial charge in [0.15, 0.2) is 0 Å². The molecule has 0 saturated heterocycles. The third-order valence-electron chi connectivity index (χ3n) is 2.31. The summed E-state index contributed by atoms with van der Waals surface area (Å²) in [4.78, 5) is 13.1. The maximum absolute atomic E-state index is 11.7. The normalized spacial score (nSPS) is 11.4. The van der Waals surface area contributed by atoms with E-state index in [0.29, 0.717) is 5.57 Å². The predicted octanol–water partition coefficient (Wildman–Crippen LogP) is 2.07. The smallest absolute Gasteiger partial charge is 0.264 e. The summed E-state index contributed by atoms with van der Waals surface area (Å²) in [5, 5.41) is 9.02. The molecule has 0 atom stereocenters. The topological polar surface area (TPSA) is 44.1 Å². The van der Waals surface area contributed by atoms with E-state index < -0.39 is 0 Å². The highest BCUT2D eigenvalue weighted by atomic mass is 16.2. The number of nitrogens with zero attached hydrogens (tertiary/aromatic N) is 2. The molecule has 0 saturated carbocycles. The first kappa shape index (κ1) is 12.0. The molecule has 0 spiro atoms. The van der Waals surface area contributed by atoms with E-state index in [1.165, 1.54) is 4.90 Å². The lowest BCUT2D eigenvalue weighted by Crippen LogP contribution is -2.23. The molecule has 16 heavy (non-hydrogen) atoms. The molecule has 0 radical (unpaired) electrons. The largest absolute Gasteiger partial charge is 0.344 e. The van der Waals surface area contributed by atoms with Gasteiger partial charge >= 0.3 is 0 Å². The van der Waals surface area contributed by atoms with Crippen molar-refractivity contribution >= 4 is 11.5 Å². The van der Waals surface area contributed by atoms with Crippen LogP contribution in [0.1, 0.15) is 12.5 Å². The Labute approximate surface area is 95.6 Å². The molecular formula is C13H14N2O. The first-order valence-electron chi connectivity index (χ1n) is 4.96. The summed E-state index contributed by atoms with van der Waals surface area (Å²) in [7, 11) is 3.27. The second-order valence-electron chi connectivity index (χ2n) is 3.68. The van der Waals surface area contributed by atoms with Gasteiger partial charge < -0.3 is 4.90 Å². The average molecular weight is 214 g/mol. The second kappa shape index (κ2) is 5.13. The van der Waals surface area contributed by atoms with Gasteiger partial charge in [-0.05, 0) is 18.1 Å². The summed E-state index contributed by atoms with van der Waals surface area (Å²) in [5.74, 6) is -0.260. The number of benzene rings is 1. The molecule has 3 heteroatoms. The fourth-order valence-electron chi connectivity index (χ4n) is 1.35. The van der Waals surface area contributed by atoms with Crippen LogP contribution in [0.5, 0.6) is 0 Å². The molecule has 0 aliphatic rings. The highest BCUT2D eigenvalue weighted by Crippen LogP contribution is 2.18. The van der Waals surface area contributed by atoms with Crippen molar-refractivity contribution in [1.29, 1.82) is 5.26 Å². The van der Waals surface area contributed by atoms with Gasteiger partial charge in [0.1, 0.15) is 11.6 Å².